The van der Waals surface area contributed by atoms with E-state index in [-0.39, 0.29) is 11.8 Å². The molecule has 0 aromatic heterocycles. The van der Waals surface area contributed by atoms with Crippen LogP contribution in [-0.2, 0) is 19.1 Å². The summed E-state index contributed by atoms with van der Waals surface area (Å²) in [5.41, 5.74) is -2.23. The minimum Gasteiger partial charge on any atom is -0.455 e. The number of fused-ring (bicyclic) bond motifs is 1. The van der Waals surface area contributed by atoms with Crippen LogP contribution in [0.15, 0.2) is 24.3 Å². The number of carbonyl (C=O) groups is 2. The van der Waals surface area contributed by atoms with Gasteiger partial charge in [-0.25, -0.2) is 9.59 Å². The van der Waals surface area contributed by atoms with Crippen LogP contribution in [0.3, 0.4) is 0 Å². The second kappa shape index (κ2) is 3.95. The molecule has 2 aliphatic heterocycles. The fourth-order valence-electron chi connectivity index (χ4n) is 3.77. The van der Waals surface area contributed by atoms with E-state index in [1.165, 1.54) is 6.08 Å². The summed E-state index contributed by atoms with van der Waals surface area (Å²) < 4.78 is 10.8. The van der Waals surface area contributed by atoms with Gasteiger partial charge in [-0.1, -0.05) is 13.5 Å². The number of hydrogen-bond donors (Lipinski definition) is 1. The van der Waals surface area contributed by atoms with Gasteiger partial charge in [-0.15, -0.1) is 0 Å². The predicted octanol–water partition coefficient (Wildman–Crippen LogP) is 1.12. The predicted molar refractivity (Wildman–Crippen MR) is 69.5 cm³/mol. The monoisotopic (exact) mass is 278 g/mol. The Morgan fingerprint density at radius 3 is 2.70 bits per heavy atom. The number of hydrogen-bond acceptors (Lipinski definition) is 5. The molecular formula is C15H18O5. The molecular weight excluding hydrogens is 260 g/mol. The zero-order chi connectivity index (χ0) is 14.7. The summed E-state index contributed by atoms with van der Waals surface area (Å²) in [6, 6.07) is 0. The lowest BCUT2D eigenvalue weighted by molar-refractivity contribution is -0.208. The van der Waals surface area contributed by atoms with E-state index < -0.39 is 29.2 Å². The van der Waals surface area contributed by atoms with Gasteiger partial charge in [0.05, 0.1) is 0 Å². The van der Waals surface area contributed by atoms with Crippen molar-refractivity contribution in [3.63, 3.8) is 0 Å². The average Bonchev–Trinajstić information content (AvgIpc) is 2.89. The van der Waals surface area contributed by atoms with Gasteiger partial charge in [0.25, 0.3) is 0 Å². The molecule has 0 aromatic rings. The molecule has 0 bridgehead atoms. The van der Waals surface area contributed by atoms with Crippen molar-refractivity contribution in [2.24, 2.45) is 11.8 Å². The maximum Gasteiger partial charge on any atom is 0.334 e. The Morgan fingerprint density at radius 1 is 1.40 bits per heavy atom. The molecule has 2 heterocycles. The minimum atomic E-state index is -1.48. The van der Waals surface area contributed by atoms with Crippen molar-refractivity contribution in [2.45, 2.75) is 44.0 Å². The molecule has 5 heteroatoms. The maximum absolute atomic E-state index is 11.7. The number of aliphatic hydroxyl groups is 1. The summed E-state index contributed by atoms with van der Waals surface area (Å²) in [6.45, 7) is 7.27. The first-order valence-corrected chi connectivity index (χ1v) is 6.84. The second-order valence-electron chi connectivity index (χ2n) is 6.13. The number of esters is 2. The van der Waals surface area contributed by atoms with Gasteiger partial charge >= 0.3 is 11.9 Å². The minimum absolute atomic E-state index is 0.0719. The molecule has 1 saturated heterocycles. The summed E-state index contributed by atoms with van der Waals surface area (Å²) in [5.74, 6) is -1.25. The first-order chi connectivity index (χ1) is 9.29. The Hall–Kier alpha value is -1.62. The fraction of sp³-hybridized carbons (Fsp3) is 0.600. The third-order valence-corrected chi connectivity index (χ3v) is 5.03. The lowest BCUT2D eigenvalue weighted by Crippen LogP contribution is -2.61. The Balaban J connectivity index is 2.09. The maximum atomic E-state index is 11.7. The molecule has 108 valence electrons. The lowest BCUT2D eigenvalue weighted by Gasteiger charge is -2.45. The molecule has 0 amide bonds. The normalized spacial score (nSPS) is 47.1. The smallest absolute Gasteiger partial charge is 0.334 e. The largest absolute Gasteiger partial charge is 0.455 e. The second-order valence-corrected chi connectivity index (χ2v) is 6.13. The molecule has 1 N–H and O–H groups in total. The molecule has 1 spiro atoms. The molecule has 0 aromatic carbocycles. The highest BCUT2D eigenvalue weighted by Crippen LogP contribution is 2.51. The zero-order valence-electron chi connectivity index (χ0n) is 11.6. The van der Waals surface area contributed by atoms with Crippen molar-refractivity contribution in [2.75, 3.05) is 0 Å². The number of ether oxygens (including phenoxy) is 2. The molecule has 5 atom stereocenters. The van der Waals surface area contributed by atoms with Crippen molar-refractivity contribution in [3.8, 4) is 0 Å². The summed E-state index contributed by atoms with van der Waals surface area (Å²) in [5, 5.41) is 11.1. The van der Waals surface area contributed by atoms with E-state index in [4.69, 9.17) is 9.47 Å². The van der Waals surface area contributed by atoms with Crippen LogP contribution in [0.25, 0.3) is 0 Å². The highest BCUT2D eigenvalue weighted by Gasteiger charge is 2.64. The zero-order valence-corrected chi connectivity index (χ0v) is 11.6. The first kappa shape index (κ1) is 13.4. The van der Waals surface area contributed by atoms with Gasteiger partial charge in [0, 0.05) is 23.5 Å². The summed E-state index contributed by atoms with van der Waals surface area (Å²) in [7, 11) is 0. The van der Waals surface area contributed by atoms with Gasteiger partial charge in [-0.2, -0.15) is 0 Å². The third-order valence-electron chi connectivity index (χ3n) is 5.03. The van der Waals surface area contributed by atoms with Crippen LogP contribution in [0.2, 0.25) is 0 Å². The van der Waals surface area contributed by atoms with Crippen molar-refractivity contribution >= 4 is 11.9 Å². The van der Waals surface area contributed by atoms with E-state index in [0.717, 1.165) is 0 Å². The molecule has 5 nitrogen and oxygen atoms in total. The quantitative estimate of drug-likeness (QED) is 0.531. The van der Waals surface area contributed by atoms with Crippen LogP contribution in [-0.4, -0.2) is 34.4 Å². The molecule has 3 rings (SSSR count). The van der Waals surface area contributed by atoms with E-state index in [2.05, 4.69) is 6.58 Å². The SMILES string of the molecule is C=C1C(=O)O[C@@H]2[C@H]1CC[C@H](C)[C@]1(C=CC(=O)O1)[C@@]2(C)O. The molecule has 2 fully saturated rings. The molecule has 0 unspecified atom stereocenters. The Morgan fingerprint density at radius 2 is 2.10 bits per heavy atom. The van der Waals surface area contributed by atoms with Gasteiger partial charge in [-0.3, -0.25) is 0 Å². The van der Waals surface area contributed by atoms with E-state index in [9.17, 15) is 14.7 Å². The Labute approximate surface area is 117 Å². The van der Waals surface area contributed by atoms with Crippen LogP contribution >= 0.6 is 0 Å². The van der Waals surface area contributed by atoms with Crippen LogP contribution in [0.4, 0.5) is 0 Å². The van der Waals surface area contributed by atoms with Crippen molar-refractivity contribution in [3.05, 3.63) is 24.3 Å². The molecule has 1 aliphatic carbocycles. The van der Waals surface area contributed by atoms with Crippen LogP contribution in [0, 0.1) is 11.8 Å². The van der Waals surface area contributed by atoms with Gasteiger partial charge in [-0.05, 0) is 25.8 Å². The highest BCUT2D eigenvalue weighted by molar-refractivity contribution is 5.91. The topological polar surface area (TPSA) is 72.8 Å². The number of rotatable bonds is 0. The van der Waals surface area contributed by atoms with Gasteiger partial charge in [0.15, 0.2) is 5.60 Å². The van der Waals surface area contributed by atoms with E-state index in [0.29, 0.717) is 18.4 Å². The standard InChI is InChI=1S/C15H18O5/c1-8-4-5-10-9(2)13(17)19-12(10)14(3,18)15(8)7-6-11(16)20-15/h6-8,10,12,18H,2,4-5H2,1,3H3/t8-,10-,12+,14-,15+/m0/s1. The van der Waals surface area contributed by atoms with Gasteiger partial charge in [0.1, 0.15) is 11.7 Å². The van der Waals surface area contributed by atoms with E-state index >= 15 is 0 Å². The molecule has 3 aliphatic rings. The summed E-state index contributed by atoms with van der Waals surface area (Å²) in [6.07, 6.45) is 3.60. The van der Waals surface area contributed by atoms with Crippen LogP contribution < -0.4 is 0 Å². The summed E-state index contributed by atoms with van der Waals surface area (Å²) >= 11 is 0. The van der Waals surface area contributed by atoms with Gasteiger partial charge < -0.3 is 14.6 Å². The first-order valence-electron chi connectivity index (χ1n) is 6.84. The average molecular weight is 278 g/mol. The van der Waals surface area contributed by atoms with E-state index in [1.54, 1.807) is 13.0 Å². The van der Waals surface area contributed by atoms with Gasteiger partial charge in [0.2, 0.25) is 0 Å². The van der Waals surface area contributed by atoms with Crippen LogP contribution in [0.5, 0.6) is 0 Å². The van der Waals surface area contributed by atoms with Crippen LogP contribution in [0.1, 0.15) is 26.7 Å². The molecule has 1 saturated carbocycles. The van der Waals surface area contributed by atoms with Crippen molar-refractivity contribution in [1.29, 1.82) is 0 Å². The van der Waals surface area contributed by atoms with Crippen molar-refractivity contribution in [1.82, 2.24) is 0 Å². The van der Waals surface area contributed by atoms with E-state index in [1.807, 2.05) is 6.92 Å². The van der Waals surface area contributed by atoms with Crippen molar-refractivity contribution < 1.29 is 24.2 Å². The lowest BCUT2D eigenvalue weighted by atomic mass is 9.72. The fourth-order valence-corrected chi connectivity index (χ4v) is 3.77. The molecule has 20 heavy (non-hydrogen) atoms. The highest BCUT2D eigenvalue weighted by atomic mass is 16.6. The Bertz CT molecular complexity index is 532. The third kappa shape index (κ3) is 1.47. The number of carbonyl (C=O) groups excluding carboxylic acids is 2. The molecule has 0 radical (unpaired) electrons. The Kier molecular flexibility index (Phi) is 2.64. The summed E-state index contributed by atoms with van der Waals surface area (Å²) in [4.78, 5) is 23.3.